The SMILES string of the molecule is CCNC(=O)NC(=O)COC(=O)COc1ccc(OC)cc1. The summed E-state index contributed by atoms with van der Waals surface area (Å²) < 4.78 is 14.8. The number of imide groups is 1. The Labute approximate surface area is 127 Å². The zero-order valence-electron chi connectivity index (χ0n) is 12.4. The Morgan fingerprint density at radius 1 is 1.05 bits per heavy atom. The van der Waals surface area contributed by atoms with E-state index < -0.39 is 24.5 Å². The second-order valence-corrected chi connectivity index (χ2v) is 4.03. The minimum absolute atomic E-state index is 0.346. The number of urea groups is 1. The fourth-order valence-corrected chi connectivity index (χ4v) is 1.37. The number of ether oxygens (including phenoxy) is 3. The summed E-state index contributed by atoms with van der Waals surface area (Å²) in [5.74, 6) is -0.313. The largest absolute Gasteiger partial charge is 0.497 e. The lowest BCUT2D eigenvalue weighted by molar-refractivity contribution is -0.150. The topological polar surface area (TPSA) is 103 Å². The van der Waals surface area contributed by atoms with E-state index in [4.69, 9.17) is 9.47 Å². The van der Waals surface area contributed by atoms with Gasteiger partial charge in [-0.15, -0.1) is 0 Å². The highest BCUT2D eigenvalue weighted by Crippen LogP contribution is 2.16. The molecule has 0 saturated heterocycles. The van der Waals surface area contributed by atoms with Crippen LogP contribution in [0.15, 0.2) is 24.3 Å². The molecule has 0 radical (unpaired) electrons. The maximum Gasteiger partial charge on any atom is 0.344 e. The normalized spacial score (nSPS) is 9.55. The summed E-state index contributed by atoms with van der Waals surface area (Å²) in [7, 11) is 1.54. The summed E-state index contributed by atoms with van der Waals surface area (Å²) in [6.45, 7) is 1.19. The average molecular weight is 310 g/mol. The van der Waals surface area contributed by atoms with Crippen LogP contribution in [0.1, 0.15) is 6.92 Å². The molecule has 1 aromatic rings. The van der Waals surface area contributed by atoms with E-state index in [2.05, 4.69) is 10.1 Å². The molecular weight excluding hydrogens is 292 g/mol. The Morgan fingerprint density at radius 3 is 2.27 bits per heavy atom. The van der Waals surface area contributed by atoms with Crippen LogP contribution in [0.5, 0.6) is 11.5 Å². The van der Waals surface area contributed by atoms with Crippen LogP contribution in [0.4, 0.5) is 4.79 Å². The van der Waals surface area contributed by atoms with Crippen LogP contribution in [0.25, 0.3) is 0 Å². The molecule has 0 bridgehead atoms. The molecule has 0 aliphatic heterocycles. The van der Waals surface area contributed by atoms with Crippen LogP contribution in [-0.4, -0.2) is 44.8 Å². The summed E-state index contributed by atoms with van der Waals surface area (Å²) in [4.78, 5) is 33.7. The molecule has 2 N–H and O–H groups in total. The van der Waals surface area contributed by atoms with E-state index in [0.29, 0.717) is 18.0 Å². The van der Waals surface area contributed by atoms with E-state index in [9.17, 15) is 14.4 Å². The van der Waals surface area contributed by atoms with Gasteiger partial charge in [-0.05, 0) is 31.2 Å². The second-order valence-electron chi connectivity index (χ2n) is 4.03. The first-order chi connectivity index (χ1) is 10.5. The van der Waals surface area contributed by atoms with Crippen molar-refractivity contribution in [2.75, 3.05) is 26.9 Å². The van der Waals surface area contributed by atoms with Gasteiger partial charge in [-0.2, -0.15) is 0 Å². The lowest BCUT2D eigenvalue weighted by atomic mass is 10.3. The van der Waals surface area contributed by atoms with Gasteiger partial charge in [0.2, 0.25) is 0 Å². The molecule has 0 saturated carbocycles. The first kappa shape index (κ1) is 17.3. The number of carbonyl (C=O) groups is 3. The molecule has 22 heavy (non-hydrogen) atoms. The molecule has 0 spiro atoms. The van der Waals surface area contributed by atoms with Crippen molar-refractivity contribution in [2.24, 2.45) is 0 Å². The predicted molar refractivity (Wildman–Crippen MR) is 76.7 cm³/mol. The van der Waals surface area contributed by atoms with Crippen molar-refractivity contribution in [1.29, 1.82) is 0 Å². The summed E-state index contributed by atoms with van der Waals surface area (Å²) in [5.41, 5.74) is 0. The molecule has 0 aliphatic carbocycles. The van der Waals surface area contributed by atoms with Crippen molar-refractivity contribution in [3.8, 4) is 11.5 Å². The number of esters is 1. The van der Waals surface area contributed by atoms with Crippen molar-refractivity contribution in [2.45, 2.75) is 6.92 Å². The summed E-state index contributed by atoms with van der Waals surface area (Å²) >= 11 is 0. The van der Waals surface area contributed by atoms with Gasteiger partial charge in [0.25, 0.3) is 5.91 Å². The van der Waals surface area contributed by atoms with E-state index in [1.165, 1.54) is 0 Å². The molecule has 1 aromatic carbocycles. The predicted octanol–water partition coefficient (Wildman–Crippen LogP) is 0.463. The lowest BCUT2D eigenvalue weighted by Crippen LogP contribution is -2.41. The Kier molecular flexibility index (Phi) is 7.24. The van der Waals surface area contributed by atoms with E-state index in [0.717, 1.165) is 0 Å². The van der Waals surface area contributed by atoms with Crippen LogP contribution in [-0.2, 0) is 14.3 Å². The number of rotatable bonds is 7. The maximum absolute atomic E-state index is 11.4. The van der Waals surface area contributed by atoms with Crippen LogP contribution in [0.2, 0.25) is 0 Å². The number of hydrogen-bond acceptors (Lipinski definition) is 6. The monoisotopic (exact) mass is 310 g/mol. The fourth-order valence-electron chi connectivity index (χ4n) is 1.37. The van der Waals surface area contributed by atoms with E-state index >= 15 is 0 Å². The average Bonchev–Trinajstić information content (AvgIpc) is 2.51. The number of amides is 3. The molecule has 120 valence electrons. The molecule has 8 nitrogen and oxygen atoms in total. The van der Waals surface area contributed by atoms with Gasteiger partial charge in [0, 0.05) is 6.54 Å². The third kappa shape index (κ3) is 6.60. The van der Waals surface area contributed by atoms with Crippen molar-refractivity contribution >= 4 is 17.9 Å². The van der Waals surface area contributed by atoms with Crippen LogP contribution in [0.3, 0.4) is 0 Å². The molecule has 0 heterocycles. The van der Waals surface area contributed by atoms with Crippen LogP contribution in [0, 0.1) is 0 Å². The molecule has 1 rings (SSSR count). The Morgan fingerprint density at radius 2 is 1.68 bits per heavy atom. The van der Waals surface area contributed by atoms with E-state index in [1.54, 1.807) is 38.3 Å². The minimum Gasteiger partial charge on any atom is -0.497 e. The van der Waals surface area contributed by atoms with Gasteiger partial charge < -0.3 is 19.5 Å². The molecule has 0 fully saturated rings. The summed E-state index contributed by atoms with van der Waals surface area (Å²) in [5, 5.41) is 4.38. The Balaban J connectivity index is 2.25. The maximum atomic E-state index is 11.4. The molecule has 3 amide bonds. The number of methoxy groups -OCH3 is 1. The first-order valence-corrected chi connectivity index (χ1v) is 6.55. The molecule has 8 heteroatoms. The fraction of sp³-hybridized carbons (Fsp3) is 0.357. The zero-order valence-corrected chi connectivity index (χ0v) is 12.4. The van der Waals surface area contributed by atoms with Gasteiger partial charge in [-0.3, -0.25) is 10.1 Å². The Bertz CT molecular complexity index is 515. The summed E-state index contributed by atoms with van der Waals surface area (Å²) in [6.07, 6.45) is 0. The van der Waals surface area contributed by atoms with Crippen molar-refractivity contribution < 1.29 is 28.6 Å². The van der Waals surface area contributed by atoms with Gasteiger partial charge in [0.1, 0.15) is 11.5 Å². The molecule has 0 aliphatic rings. The smallest absolute Gasteiger partial charge is 0.344 e. The molecule has 0 atom stereocenters. The first-order valence-electron chi connectivity index (χ1n) is 6.55. The van der Waals surface area contributed by atoms with Gasteiger partial charge in [-0.25, -0.2) is 9.59 Å². The molecule has 0 aromatic heterocycles. The second kappa shape index (κ2) is 9.22. The zero-order chi connectivity index (χ0) is 16.4. The minimum atomic E-state index is -0.720. The Hall–Kier alpha value is -2.77. The third-order valence-corrected chi connectivity index (χ3v) is 2.37. The standard InChI is InChI=1S/C14H18N2O6/c1-3-15-14(19)16-12(17)8-22-13(18)9-21-11-6-4-10(20-2)5-7-11/h4-7H,3,8-9H2,1-2H3,(H2,15,16,17,19). The van der Waals surface area contributed by atoms with Crippen LogP contribution >= 0.6 is 0 Å². The van der Waals surface area contributed by atoms with Gasteiger partial charge in [0.05, 0.1) is 7.11 Å². The van der Waals surface area contributed by atoms with Crippen molar-refractivity contribution in [3.05, 3.63) is 24.3 Å². The van der Waals surface area contributed by atoms with E-state index in [1.807, 2.05) is 5.32 Å². The number of carbonyl (C=O) groups excluding carboxylic acids is 3. The van der Waals surface area contributed by atoms with Gasteiger partial charge in [0.15, 0.2) is 13.2 Å². The highest BCUT2D eigenvalue weighted by atomic mass is 16.6. The molecule has 0 unspecified atom stereocenters. The van der Waals surface area contributed by atoms with E-state index in [-0.39, 0.29) is 6.61 Å². The molecular formula is C14H18N2O6. The van der Waals surface area contributed by atoms with Crippen LogP contribution < -0.4 is 20.1 Å². The van der Waals surface area contributed by atoms with Gasteiger partial charge >= 0.3 is 12.0 Å². The van der Waals surface area contributed by atoms with Crippen molar-refractivity contribution in [3.63, 3.8) is 0 Å². The quantitative estimate of drug-likeness (QED) is 0.709. The lowest BCUT2D eigenvalue weighted by Gasteiger charge is -2.08. The number of nitrogens with one attached hydrogen (secondary N) is 2. The highest BCUT2D eigenvalue weighted by Gasteiger charge is 2.10. The van der Waals surface area contributed by atoms with Gasteiger partial charge in [-0.1, -0.05) is 0 Å². The van der Waals surface area contributed by atoms with Crippen molar-refractivity contribution in [1.82, 2.24) is 10.6 Å². The number of benzene rings is 1. The number of hydrogen-bond donors (Lipinski definition) is 2. The third-order valence-electron chi connectivity index (χ3n) is 2.37. The highest BCUT2D eigenvalue weighted by molar-refractivity contribution is 5.95. The summed E-state index contributed by atoms with van der Waals surface area (Å²) in [6, 6.07) is 5.99.